The third-order valence-electron chi connectivity index (χ3n) is 4.10. The fourth-order valence-electron chi connectivity index (χ4n) is 2.70. The Morgan fingerprint density at radius 2 is 1.95 bits per heavy atom. The molecule has 0 heterocycles. The number of unbranched alkanes of at least 4 members (excludes halogenated alkanes) is 1. The van der Waals surface area contributed by atoms with Crippen LogP contribution < -0.4 is 5.32 Å². The van der Waals surface area contributed by atoms with Crippen molar-refractivity contribution >= 4 is 11.6 Å². The molecule has 0 saturated carbocycles. The SMILES string of the molecule is CCCCC(CC)CC(NCCC)c1ccc(F)c(Cl)c1. The van der Waals surface area contributed by atoms with Gasteiger partial charge in [0.15, 0.2) is 0 Å². The van der Waals surface area contributed by atoms with Gasteiger partial charge >= 0.3 is 0 Å². The van der Waals surface area contributed by atoms with Crippen molar-refractivity contribution in [1.29, 1.82) is 0 Å². The van der Waals surface area contributed by atoms with E-state index in [1.54, 1.807) is 6.07 Å². The van der Waals surface area contributed by atoms with E-state index >= 15 is 0 Å². The molecular formula is C18H29ClFN. The highest BCUT2D eigenvalue weighted by Gasteiger charge is 2.17. The topological polar surface area (TPSA) is 12.0 Å². The molecule has 2 atom stereocenters. The lowest BCUT2D eigenvalue weighted by Gasteiger charge is -2.24. The van der Waals surface area contributed by atoms with E-state index in [9.17, 15) is 4.39 Å². The maximum Gasteiger partial charge on any atom is 0.141 e. The van der Waals surface area contributed by atoms with Crippen LogP contribution in [0.1, 0.15) is 70.9 Å². The van der Waals surface area contributed by atoms with Crippen molar-refractivity contribution < 1.29 is 4.39 Å². The summed E-state index contributed by atoms with van der Waals surface area (Å²) in [6, 6.07) is 5.38. The molecule has 0 fully saturated rings. The zero-order valence-electron chi connectivity index (χ0n) is 13.6. The van der Waals surface area contributed by atoms with Crippen molar-refractivity contribution in [1.82, 2.24) is 5.32 Å². The number of benzene rings is 1. The van der Waals surface area contributed by atoms with Gasteiger partial charge in [0.05, 0.1) is 5.02 Å². The highest BCUT2D eigenvalue weighted by molar-refractivity contribution is 6.30. The lowest BCUT2D eigenvalue weighted by Crippen LogP contribution is -2.24. The Morgan fingerprint density at radius 1 is 1.19 bits per heavy atom. The first-order valence-corrected chi connectivity index (χ1v) is 8.68. The summed E-state index contributed by atoms with van der Waals surface area (Å²) in [7, 11) is 0. The third-order valence-corrected chi connectivity index (χ3v) is 4.39. The van der Waals surface area contributed by atoms with Crippen LogP contribution in [0.3, 0.4) is 0 Å². The number of hydrogen-bond acceptors (Lipinski definition) is 1. The van der Waals surface area contributed by atoms with E-state index in [4.69, 9.17) is 11.6 Å². The minimum Gasteiger partial charge on any atom is -0.310 e. The first kappa shape index (κ1) is 18.4. The Labute approximate surface area is 134 Å². The van der Waals surface area contributed by atoms with Crippen LogP contribution in [-0.4, -0.2) is 6.54 Å². The van der Waals surface area contributed by atoms with Gasteiger partial charge in [-0.3, -0.25) is 0 Å². The van der Waals surface area contributed by atoms with Gasteiger partial charge in [0.2, 0.25) is 0 Å². The van der Waals surface area contributed by atoms with Crippen molar-refractivity contribution in [2.45, 2.75) is 65.3 Å². The quantitative estimate of drug-likeness (QED) is 0.548. The fourth-order valence-corrected chi connectivity index (χ4v) is 2.89. The summed E-state index contributed by atoms with van der Waals surface area (Å²) in [6.45, 7) is 7.63. The molecule has 1 aromatic rings. The summed E-state index contributed by atoms with van der Waals surface area (Å²) < 4.78 is 13.4. The molecule has 1 rings (SSSR count). The average molecular weight is 314 g/mol. The van der Waals surface area contributed by atoms with E-state index in [-0.39, 0.29) is 16.9 Å². The Bertz CT molecular complexity index is 408. The normalized spacial score (nSPS) is 14.1. The van der Waals surface area contributed by atoms with Crippen LogP contribution in [0.15, 0.2) is 18.2 Å². The monoisotopic (exact) mass is 313 g/mol. The standard InChI is InChI=1S/C18H29ClFN/c1-4-7-8-14(6-3)12-18(21-11-5-2)15-9-10-17(20)16(19)13-15/h9-10,13-14,18,21H,4-8,11-12H2,1-3H3. The molecule has 0 aliphatic heterocycles. The molecular weight excluding hydrogens is 285 g/mol. The molecule has 0 saturated heterocycles. The first-order chi connectivity index (χ1) is 10.1. The van der Waals surface area contributed by atoms with E-state index in [2.05, 4.69) is 26.1 Å². The second-order valence-corrected chi connectivity index (χ2v) is 6.24. The zero-order chi connectivity index (χ0) is 15.7. The van der Waals surface area contributed by atoms with Gasteiger partial charge in [-0.2, -0.15) is 0 Å². The molecule has 3 heteroatoms. The molecule has 0 spiro atoms. The van der Waals surface area contributed by atoms with Gasteiger partial charge in [-0.25, -0.2) is 4.39 Å². The van der Waals surface area contributed by atoms with Gasteiger partial charge in [-0.15, -0.1) is 0 Å². The predicted octanol–water partition coefficient (Wildman–Crippen LogP) is 6.13. The molecule has 0 aliphatic carbocycles. The maximum absolute atomic E-state index is 13.4. The second kappa shape index (κ2) is 10.2. The van der Waals surface area contributed by atoms with Crippen molar-refractivity contribution in [3.05, 3.63) is 34.6 Å². The molecule has 1 nitrogen and oxygen atoms in total. The number of hydrogen-bond donors (Lipinski definition) is 1. The third kappa shape index (κ3) is 6.36. The Hall–Kier alpha value is -0.600. The summed E-state index contributed by atoms with van der Waals surface area (Å²) in [4.78, 5) is 0. The molecule has 0 bridgehead atoms. The Kier molecular flexibility index (Phi) is 8.94. The van der Waals surface area contributed by atoms with Gasteiger partial charge in [-0.1, -0.05) is 64.1 Å². The largest absolute Gasteiger partial charge is 0.310 e. The van der Waals surface area contributed by atoms with Gasteiger partial charge in [-0.05, 0) is 43.0 Å². The Balaban J connectivity index is 2.80. The van der Waals surface area contributed by atoms with E-state index in [0.29, 0.717) is 5.92 Å². The summed E-state index contributed by atoms with van der Waals surface area (Å²) in [5, 5.41) is 3.81. The molecule has 0 aliphatic rings. The predicted molar refractivity (Wildman–Crippen MR) is 90.4 cm³/mol. The molecule has 1 N–H and O–H groups in total. The van der Waals surface area contributed by atoms with E-state index < -0.39 is 0 Å². The van der Waals surface area contributed by atoms with Crippen molar-refractivity contribution in [3.8, 4) is 0 Å². The van der Waals surface area contributed by atoms with Crippen molar-refractivity contribution in [3.63, 3.8) is 0 Å². The zero-order valence-corrected chi connectivity index (χ0v) is 14.3. The van der Waals surface area contributed by atoms with Crippen LogP contribution in [0.2, 0.25) is 5.02 Å². The van der Waals surface area contributed by atoms with Gasteiger partial charge in [0.25, 0.3) is 0 Å². The molecule has 1 aromatic carbocycles. The summed E-state index contributed by atoms with van der Waals surface area (Å²) in [5.41, 5.74) is 1.10. The van der Waals surface area contributed by atoms with E-state index in [1.165, 1.54) is 31.7 Å². The molecule has 0 aromatic heterocycles. The Morgan fingerprint density at radius 3 is 2.52 bits per heavy atom. The van der Waals surface area contributed by atoms with Gasteiger partial charge < -0.3 is 5.32 Å². The lowest BCUT2D eigenvalue weighted by molar-refractivity contribution is 0.353. The molecule has 2 unspecified atom stereocenters. The lowest BCUT2D eigenvalue weighted by atomic mass is 9.89. The van der Waals surface area contributed by atoms with Gasteiger partial charge in [0.1, 0.15) is 5.82 Å². The highest BCUT2D eigenvalue weighted by atomic mass is 35.5. The molecule has 21 heavy (non-hydrogen) atoms. The molecule has 0 radical (unpaired) electrons. The van der Waals surface area contributed by atoms with E-state index in [1.807, 2.05) is 6.07 Å². The number of rotatable bonds is 10. The average Bonchev–Trinajstić information content (AvgIpc) is 2.49. The van der Waals surface area contributed by atoms with E-state index in [0.717, 1.165) is 24.9 Å². The van der Waals surface area contributed by atoms with Crippen molar-refractivity contribution in [2.75, 3.05) is 6.54 Å². The van der Waals surface area contributed by atoms with Crippen molar-refractivity contribution in [2.24, 2.45) is 5.92 Å². The van der Waals surface area contributed by atoms with Crippen LogP contribution >= 0.6 is 11.6 Å². The summed E-state index contributed by atoms with van der Waals surface area (Å²) in [6.07, 6.45) is 7.18. The highest BCUT2D eigenvalue weighted by Crippen LogP contribution is 2.29. The number of nitrogens with one attached hydrogen (secondary N) is 1. The second-order valence-electron chi connectivity index (χ2n) is 5.83. The molecule has 120 valence electrons. The minimum atomic E-state index is -0.340. The van der Waals surface area contributed by atoms with Crippen LogP contribution in [-0.2, 0) is 0 Å². The summed E-state index contributed by atoms with van der Waals surface area (Å²) in [5.74, 6) is 0.371. The van der Waals surface area contributed by atoms with Crippen LogP contribution in [0.25, 0.3) is 0 Å². The minimum absolute atomic E-state index is 0.220. The van der Waals surface area contributed by atoms with Crippen LogP contribution in [0, 0.1) is 11.7 Å². The maximum atomic E-state index is 13.4. The van der Waals surface area contributed by atoms with Gasteiger partial charge in [0, 0.05) is 6.04 Å². The first-order valence-electron chi connectivity index (χ1n) is 8.30. The molecule has 0 amide bonds. The summed E-state index contributed by atoms with van der Waals surface area (Å²) >= 11 is 5.94. The smallest absolute Gasteiger partial charge is 0.141 e. The van der Waals surface area contributed by atoms with Crippen LogP contribution in [0.4, 0.5) is 4.39 Å². The van der Waals surface area contributed by atoms with Crippen LogP contribution in [0.5, 0.6) is 0 Å². The fraction of sp³-hybridized carbons (Fsp3) is 0.667. The number of halogens is 2.